The van der Waals surface area contributed by atoms with Crippen molar-refractivity contribution < 1.29 is 0 Å². The highest BCUT2D eigenvalue weighted by Crippen LogP contribution is 2.30. The van der Waals surface area contributed by atoms with E-state index >= 15 is 0 Å². The van der Waals surface area contributed by atoms with E-state index in [0.29, 0.717) is 6.04 Å². The molecule has 1 atom stereocenters. The van der Waals surface area contributed by atoms with Crippen LogP contribution in [0.25, 0.3) is 10.9 Å². The highest BCUT2D eigenvalue weighted by atomic mass is 15.2. The summed E-state index contributed by atoms with van der Waals surface area (Å²) in [7, 11) is 0. The molecule has 0 saturated carbocycles. The molecule has 1 aromatic carbocycles. The van der Waals surface area contributed by atoms with Crippen LogP contribution >= 0.6 is 0 Å². The lowest BCUT2D eigenvalue weighted by Gasteiger charge is -2.34. The van der Waals surface area contributed by atoms with E-state index in [-0.39, 0.29) is 0 Å². The van der Waals surface area contributed by atoms with Crippen molar-refractivity contribution in [1.82, 2.24) is 15.2 Å². The minimum Gasteiger partial charge on any atom is -0.361 e. The normalized spacial score (nSPS) is 19.2. The third-order valence-corrected chi connectivity index (χ3v) is 3.96. The number of fused-ring (bicyclic) bond motifs is 1. The number of nitrogens with zero attached hydrogens (tertiary/aromatic N) is 1. The maximum atomic E-state index is 3.43. The first-order valence-electron chi connectivity index (χ1n) is 6.91. The fourth-order valence-electron chi connectivity index (χ4n) is 3.04. The van der Waals surface area contributed by atoms with Gasteiger partial charge in [-0.2, -0.15) is 0 Å². The number of hydrogen-bond acceptors (Lipinski definition) is 2. The van der Waals surface area contributed by atoms with E-state index in [1.165, 1.54) is 22.9 Å². The molecule has 0 unspecified atom stereocenters. The van der Waals surface area contributed by atoms with E-state index in [4.69, 9.17) is 0 Å². The molecule has 2 N–H and O–H groups in total. The quantitative estimate of drug-likeness (QED) is 0.868. The predicted octanol–water partition coefficient (Wildman–Crippen LogP) is 2.52. The first-order chi connectivity index (χ1) is 8.90. The van der Waals surface area contributed by atoms with Gasteiger partial charge in [0.1, 0.15) is 0 Å². The standard InChI is InChI=1S/C15H21N3/c1-2-15(18-9-7-16-8-10-18)13-11-17-14-6-4-3-5-12(13)14/h3-6,11,15-17H,2,7-10H2,1H3/t15-/m1/s1. The van der Waals surface area contributed by atoms with Gasteiger partial charge in [-0.05, 0) is 18.1 Å². The van der Waals surface area contributed by atoms with Crippen molar-refractivity contribution in [2.75, 3.05) is 26.2 Å². The van der Waals surface area contributed by atoms with Crippen molar-refractivity contribution in [2.24, 2.45) is 0 Å². The van der Waals surface area contributed by atoms with E-state index in [1.54, 1.807) is 0 Å². The summed E-state index contributed by atoms with van der Waals surface area (Å²) in [5.74, 6) is 0. The summed E-state index contributed by atoms with van der Waals surface area (Å²) in [4.78, 5) is 6.00. The zero-order chi connectivity index (χ0) is 12.4. The average molecular weight is 243 g/mol. The molecule has 1 aromatic heterocycles. The maximum absolute atomic E-state index is 3.43. The monoisotopic (exact) mass is 243 g/mol. The molecule has 0 aliphatic carbocycles. The van der Waals surface area contributed by atoms with Gasteiger partial charge >= 0.3 is 0 Å². The second-order valence-corrected chi connectivity index (χ2v) is 5.00. The Labute approximate surface area is 108 Å². The Hall–Kier alpha value is -1.32. The molecule has 3 heteroatoms. The number of hydrogen-bond donors (Lipinski definition) is 2. The van der Waals surface area contributed by atoms with Crippen molar-refractivity contribution in [2.45, 2.75) is 19.4 Å². The average Bonchev–Trinajstić information content (AvgIpc) is 2.85. The van der Waals surface area contributed by atoms with E-state index in [0.717, 1.165) is 26.2 Å². The molecule has 1 saturated heterocycles. The lowest BCUT2D eigenvalue weighted by atomic mass is 10.0. The Morgan fingerprint density at radius 3 is 2.78 bits per heavy atom. The summed E-state index contributed by atoms with van der Waals surface area (Å²) in [5, 5.41) is 4.80. The molecule has 0 spiro atoms. The summed E-state index contributed by atoms with van der Waals surface area (Å²) in [6.45, 7) is 6.81. The number of aromatic nitrogens is 1. The molecule has 2 aromatic rings. The molecule has 96 valence electrons. The Bertz CT molecular complexity index is 511. The van der Waals surface area contributed by atoms with Gasteiger partial charge in [0.15, 0.2) is 0 Å². The largest absolute Gasteiger partial charge is 0.361 e. The number of aromatic amines is 1. The van der Waals surface area contributed by atoms with Crippen LogP contribution in [0.5, 0.6) is 0 Å². The smallest absolute Gasteiger partial charge is 0.0457 e. The van der Waals surface area contributed by atoms with Crippen LogP contribution in [-0.4, -0.2) is 36.1 Å². The van der Waals surface area contributed by atoms with E-state index in [1.807, 2.05) is 0 Å². The summed E-state index contributed by atoms with van der Waals surface area (Å²) >= 11 is 0. The second kappa shape index (κ2) is 5.12. The minimum absolute atomic E-state index is 0.545. The van der Waals surface area contributed by atoms with Crippen molar-refractivity contribution in [1.29, 1.82) is 0 Å². The molecule has 0 radical (unpaired) electrons. The SMILES string of the molecule is CC[C@H](c1c[nH]c2ccccc12)N1CCNCC1. The van der Waals surface area contributed by atoms with Gasteiger partial charge in [-0.1, -0.05) is 25.1 Å². The zero-order valence-electron chi connectivity index (χ0n) is 10.9. The predicted molar refractivity (Wildman–Crippen MR) is 75.8 cm³/mol. The number of nitrogens with one attached hydrogen (secondary N) is 2. The van der Waals surface area contributed by atoms with E-state index in [2.05, 4.69) is 52.6 Å². The molecule has 1 fully saturated rings. The van der Waals surface area contributed by atoms with Gasteiger partial charge < -0.3 is 10.3 Å². The lowest BCUT2D eigenvalue weighted by molar-refractivity contribution is 0.170. The van der Waals surface area contributed by atoms with Gasteiger partial charge in [-0.3, -0.25) is 4.90 Å². The molecule has 3 rings (SSSR count). The molecule has 3 nitrogen and oxygen atoms in total. The van der Waals surface area contributed by atoms with Crippen molar-refractivity contribution >= 4 is 10.9 Å². The summed E-state index contributed by atoms with van der Waals surface area (Å²) in [5.41, 5.74) is 2.70. The summed E-state index contributed by atoms with van der Waals surface area (Å²) in [6, 6.07) is 9.15. The Morgan fingerprint density at radius 2 is 2.00 bits per heavy atom. The first-order valence-corrected chi connectivity index (χ1v) is 6.91. The Kier molecular flexibility index (Phi) is 3.35. The van der Waals surface area contributed by atoms with Crippen LogP contribution in [0.3, 0.4) is 0 Å². The molecular formula is C15H21N3. The first kappa shape index (κ1) is 11.8. The summed E-state index contributed by atoms with van der Waals surface area (Å²) in [6.07, 6.45) is 3.36. The topological polar surface area (TPSA) is 31.1 Å². The van der Waals surface area contributed by atoms with Gasteiger partial charge in [0.05, 0.1) is 0 Å². The van der Waals surface area contributed by atoms with Crippen molar-refractivity contribution in [3.8, 4) is 0 Å². The molecule has 1 aliphatic rings. The minimum atomic E-state index is 0.545. The number of piperazine rings is 1. The van der Waals surface area contributed by atoms with E-state index < -0.39 is 0 Å². The van der Waals surface area contributed by atoms with Crippen LogP contribution in [-0.2, 0) is 0 Å². The molecule has 0 bridgehead atoms. The lowest BCUT2D eigenvalue weighted by Crippen LogP contribution is -2.45. The van der Waals surface area contributed by atoms with Gasteiger partial charge in [0, 0.05) is 49.3 Å². The van der Waals surface area contributed by atoms with Gasteiger partial charge in [-0.15, -0.1) is 0 Å². The van der Waals surface area contributed by atoms with Gasteiger partial charge in [-0.25, -0.2) is 0 Å². The molecule has 18 heavy (non-hydrogen) atoms. The van der Waals surface area contributed by atoms with Crippen molar-refractivity contribution in [3.63, 3.8) is 0 Å². The summed E-state index contributed by atoms with van der Waals surface area (Å²) < 4.78 is 0. The van der Waals surface area contributed by atoms with Crippen LogP contribution in [0.4, 0.5) is 0 Å². The Morgan fingerprint density at radius 1 is 1.22 bits per heavy atom. The molecule has 2 heterocycles. The van der Waals surface area contributed by atoms with Gasteiger partial charge in [0.25, 0.3) is 0 Å². The highest BCUT2D eigenvalue weighted by Gasteiger charge is 2.22. The number of benzene rings is 1. The fraction of sp³-hybridized carbons (Fsp3) is 0.467. The van der Waals surface area contributed by atoms with Crippen LogP contribution < -0.4 is 5.32 Å². The molecule has 0 amide bonds. The van der Waals surface area contributed by atoms with Crippen LogP contribution in [0.1, 0.15) is 24.9 Å². The zero-order valence-corrected chi connectivity index (χ0v) is 10.9. The van der Waals surface area contributed by atoms with E-state index in [9.17, 15) is 0 Å². The third-order valence-electron chi connectivity index (χ3n) is 3.96. The number of para-hydroxylation sites is 1. The second-order valence-electron chi connectivity index (χ2n) is 5.00. The van der Waals surface area contributed by atoms with Crippen LogP contribution in [0.15, 0.2) is 30.5 Å². The van der Waals surface area contributed by atoms with Gasteiger partial charge in [0.2, 0.25) is 0 Å². The highest BCUT2D eigenvalue weighted by molar-refractivity contribution is 5.83. The fourth-order valence-corrected chi connectivity index (χ4v) is 3.04. The Balaban J connectivity index is 1.95. The number of H-pyrrole nitrogens is 1. The molecular weight excluding hydrogens is 222 g/mol. The third kappa shape index (κ3) is 2.04. The van der Waals surface area contributed by atoms with Crippen LogP contribution in [0, 0.1) is 0 Å². The molecule has 1 aliphatic heterocycles. The maximum Gasteiger partial charge on any atom is 0.0457 e. The number of rotatable bonds is 3. The van der Waals surface area contributed by atoms with Crippen molar-refractivity contribution in [3.05, 3.63) is 36.0 Å². The van der Waals surface area contributed by atoms with Crippen LogP contribution in [0.2, 0.25) is 0 Å².